The van der Waals surface area contributed by atoms with Crippen molar-refractivity contribution in [3.05, 3.63) is 125 Å². The van der Waals surface area contributed by atoms with Crippen molar-refractivity contribution in [2.75, 3.05) is 10.6 Å². The van der Waals surface area contributed by atoms with Crippen LogP contribution in [-0.2, 0) is 6.54 Å². The van der Waals surface area contributed by atoms with Crippen LogP contribution in [0.5, 0.6) is 0 Å². The summed E-state index contributed by atoms with van der Waals surface area (Å²) in [6, 6.07) is 33.6. The molecule has 5 aromatic rings. The van der Waals surface area contributed by atoms with Crippen molar-refractivity contribution in [1.29, 1.82) is 0 Å². The van der Waals surface area contributed by atoms with Gasteiger partial charge in [-0.05, 0) is 29.8 Å². The maximum Gasteiger partial charge on any atom is 0.193 e. The van der Waals surface area contributed by atoms with Gasteiger partial charge in [0.2, 0.25) is 0 Å². The molecule has 0 aliphatic rings. The fourth-order valence-electron chi connectivity index (χ4n) is 3.72. The van der Waals surface area contributed by atoms with Crippen molar-refractivity contribution in [2.24, 2.45) is 0 Å². The van der Waals surface area contributed by atoms with Crippen LogP contribution in [0.2, 0.25) is 0 Å². The van der Waals surface area contributed by atoms with Crippen molar-refractivity contribution >= 4 is 28.2 Å². The van der Waals surface area contributed by atoms with Crippen LogP contribution in [0, 0.1) is 0 Å². The highest BCUT2D eigenvalue weighted by Crippen LogP contribution is 2.26. The number of hydrogen-bond donors (Lipinski definition) is 2. The minimum Gasteiger partial charge on any atom is -0.366 e. The number of rotatable bonds is 6. The summed E-state index contributed by atoms with van der Waals surface area (Å²) in [5, 5.41) is 7.34. The molecular formula is C27H22N4O. The van der Waals surface area contributed by atoms with Gasteiger partial charge in [0.05, 0.1) is 10.9 Å². The molecule has 3 aromatic carbocycles. The molecule has 0 fully saturated rings. The molecular weight excluding hydrogens is 396 g/mol. The molecule has 2 N–H and O–H groups in total. The molecule has 5 rings (SSSR count). The van der Waals surface area contributed by atoms with Crippen LogP contribution in [-0.4, -0.2) is 9.55 Å². The second kappa shape index (κ2) is 8.78. The van der Waals surface area contributed by atoms with Gasteiger partial charge in [-0.1, -0.05) is 66.7 Å². The third-order valence-corrected chi connectivity index (χ3v) is 5.27. The van der Waals surface area contributed by atoms with Crippen molar-refractivity contribution in [2.45, 2.75) is 6.54 Å². The molecule has 0 atom stereocenters. The van der Waals surface area contributed by atoms with Crippen LogP contribution in [0.4, 0.5) is 17.3 Å². The minimum absolute atomic E-state index is 0.0762. The highest BCUT2D eigenvalue weighted by atomic mass is 16.1. The zero-order chi connectivity index (χ0) is 21.8. The normalized spacial score (nSPS) is 10.8. The average molecular weight is 419 g/mol. The molecule has 0 saturated heterocycles. The zero-order valence-electron chi connectivity index (χ0n) is 17.4. The van der Waals surface area contributed by atoms with Gasteiger partial charge in [-0.25, -0.2) is 4.98 Å². The third-order valence-electron chi connectivity index (χ3n) is 5.27. The van der Waals surface area contributed by atoms with E-state index in [-0.39, 0.29) is 5.43 Å². The van der Waals surface area contributed by atoms with Gasteiger partial charge >= 0.3 is 0 Å². The topological polar surface area (TPSA) is 59.0 Å². The first-order chi connectivity index (χ1) is 15.8. The number of pyridine rings is 2. The molecule has 5 heteroatoms. The Bertz CT molecular complexity index is 1400. The lowest BCUT2D eigenvalue weighted by Crippen LogP contribution is -2.13. The van der Waals surface area contributed by atoms with Crippen LogP contribution in [0.15, 0.2) is 114 Å². The lowest BCUT2D eigenvalue weighted by atomic mass is 10.2. The van der Waals surface area contributed by atoms with E-state index < -0.39 is 0 Å². The average Bonchev–Trinajstić information content (AvgIpc) is 2.85. The van der Waals surface area contributed by atoms with E-state index >= 15 is 0 Å². The van der Waals surface area contributed by atoms with Crippen molar-refractivity contribution < 1.29 is 0 Å². The summed E-state index contributed by atoms with van der Waals surface area (Å²) in [5.74, 6) is 1.41. The molecule has 2 aromatic heterocycles. The van der Waals surface area contributed by atoms with Gasteiger partial charge in [0.1, 0.15) is 11.6 Å². The van der Waals surface area contributed by atoms with E-state index in [1.807, 2.05) is 84.9 Å². The van der Waals surface area contributed by atoms with Gasteiger partial charge in [0.25, 0.3) is 0 Å². The summed E-state index contributed by atoms with van der Waals surface area (Å²) >= 11 is 0. The number of hydrogen-bond acceptors (Lipinski definition) is 4. The summed E-state index contributed by atoms with van der Waals surface area (Å²) in [6.07, 6.45) is 1.65. The van der Waals surface area contributed by atoms with E-state index in [0.29, 0.717) is 23.6 Å². The van der Waals surface area contributed by atoms with Crippen LogP contribution >= 0.6 is 0 Å². The molecule has 0 amide bonds. The lowest BCUT2D eigenvalue weighted by molar-refractivity contribution is 1.08. The molecule has 0 spiro atoms. The molecule has 32 heavy (non-hydrogen) atoms. The van der Waals surface area contributed by atoms with Crippen molar-refractivity contribution in [3.8, 4) is 5.69 Å². The van der Waals surface area contributed by atoms with E-state index in [0.717, 1.165) is 22.5 Å². The number of aromatic nitrogens is 2. The van der Waals surface area contributed by atoms with E-state index in [1.54, 1.807) is 12.3 Å². The van der Waals surface area contributed by atoms with Crippen LogP contribution in [0.3, 0.4) is 0 Å². The Morgan fingerprint density at radius 1 is 0.781 bits per heavy atom. The lowest BCUT2D eigenvalue weighted by Gasteiger charge is -2.19. The Balaban J connectivity index is 1.63. The van der Waals surface area contributed by atoms with Gasteiger partial charge < -0.3 is 10.6 Å². The first-order valence-corrected chi connectivity index (χ1v) is 10.5. The summed E-state index contributed by atoms with van der Waals surface area (Å²) in [5.41, 5.74) is 3.73. The van der Waals surface area contributed by atoms with E-state index in [2.05, 4.69) is 32.3 Å². The number of nitrogens with zero attached hydrogens (tertiary/aromatic N) is 2. The number of benzene rings is 3. The van der Waals surface area contributed by atoms with Gasteiger partial charge in [-0.2, -0.15) is 0 Å². The first kappa shape index (κ1) is 19.6. The van der Waals surface area contributed by atoms with E-state index in [9.17, 15) is 4.79 Å². The molecule has 0 radical (unpaired) electrons. The predicted molar refractivity (Wildman–Crippen MR) is 131 cm³/mol. The second-order valence-corrected chi connectivity index (χ2v) is 7.48. The molecule has 156 valence electrons. The molecule has 0 bridgehead atoms. The van der Waals surface area contributed by atoms with Crippen molar-refractivity contribution in [1.82, 2.24) is 9.55 Å². The maximum atomic E-state index is 13.0. The van der Waals surface area contributed by atoms with Crippen LogP contribution in [0.25, 0.3) is 16.6 Å². The van der Waals surface area contributed by atoms with Gasteiger partial charge in [-0.3, -0.25) is 9.36 Å². The third kappa shape index (κ3) is 4.09. The Labute approximate surface area is 186 Å². The number of para-hydroxylation sites is 2. The Morgan fingerprint density at radius 3 is 2.16 bits per heavy atom. The Morgan fingerprint density at radius 2 is 1.44 bits per heavy atom. The van der Waals surface area contributed by atoms with E-state index in [4.69, 9.17) is 0 Å². The fourth-order valence-corrected chi connectivity index (χ4v) is 3.72. The zero-order valence-corrected chi connectivity index (χ0v) is 17.4. The smallest absolute Gasteiger partial charge is 0.193 e. The number of anilines is 3. The number of nitrogens with one attached hydrogen (secondary N) is 2. The molecule has 5 nitrogen and oxygen atoms in total. The van der Waals surface area contributed by atoms with Gasteiger partial charge in [0, 0.05) is 36.2 Å². The predicted octanol–water partition coefficient (Wildman–Crippen LogP) is 5.74. The standard InChI is InChI=1S/C27H22N4O/c32-25-17-27(30-21-12-6-2-7-13-21)31(22-14-8-3-9-15-22)24-16-26(29-19-23(24)25)28-18-20-10-4-1-5-11-20/h1-17,19,30H,18H2,(H,28,29). The monoisotopic (exact) mass is 418 g/mol. The quantitative estimate of drug-likeness (QED) is 0.369. The van der Waals surface area contributed by atoms with Crippen LogP contribution in [0.1, 0.15) is 5.56 Å². The van der Waals surface area contributed by atoms with E-state index in [1.165, 1.54) is 0 Å². The molecule has 0 aliphatic heterocycles. The van der Waals surface area contributed by atoms with Crippen LogP contribution < -0.4 is 16.1 Å². The highest BCUT2D eigenvalue weighted by Gasteiger charge is 2.13. The first-order valence-electron chi connectivity index (χ1n) is 10.5. The summed E-state index contributed by atoms with van der Waals surface area (Å²) < 4.78 is 2.05. The largest absolute Gasteiger partial charge is 0.366 e. The highest BCUT2D eigenvalue weighted by molar-refractivity contribution is 5.85. The van der Waals surface area contributed by atoms with Gasteiger partial charge in [0.15, 0.2) is 5.43 Å². The van der Waals surface area contributed by atoms with Gasteiger partial charge in [-0.15, -0.1) is 0 Å². The Kier molecular flexibility index (Phi) is 5.37. The fraction of sp³-hybridized carbons (Fsp3) is 0.0370. The number of fused-ring (bicyclic) bond motifs is 1. The molecule has 0 saturated carbocycles. The summed E-state index contributed by atoms with van der Waals surface area (Å²) in [4.78, 5) is 17.4. The molecule has 2 heterocycles. The Hall–Kier alpha value is -4.38. The maximum absolute atomic E-state index is 13.0. The minimum atomic E-state index is -0.0762. The summed E-state index contributed by atoms with van der Waals surface area (Å²) in [6.45, 7) is 0.650. The molecule has 0 aliphatic carbocycles. The van der Waals surface area contributed by atoms with Crippen molar-refractivity contribution in [3.63, 3.8) is 0 Å². The molecule has 0 unspecified atom stereocenters. The summed E-state index contributed by atoms with van der Waals surface area (Å²) in [7, 11) is 0. The SMILES string of the molecule is O=c1cc(Nc2ccccc2)n(-c2ccccc2)c2cc(NCc3ccccc3)ncc12. The second-order valence-electron chi connectivity index (χ2n) is 7.48.